The van der Waals surface area contributed by atoms with Crippen molar-refractivity contribution >= 4 is 5.91 Å². The molecule has 1 amide bonds. The first-order valence-electron chi connectivity index (χ1n) is 8.41. The van der Waals surface area contributed by atoms with Gasteiger partial charge in [-0.25, -0.2) is 0 Å². The van der Waals surface area contributed by atoms with Crippen molar-refractivity contribution in [2.45, 2.75) is 58.6 Å². The van der Waals surface area contributed by atoms with E-state index in [1.807, 2.05) is 13.8 Å². The molecule has 23 heavy (non-hydrogen) atoms. The minimum Gasteiger partial charge on any atom is -0.392 e. The Morgan fingerprint density at radius 3 is 2.52 bits per heavy atom. The van der Waals surface area contributed by atoms with Gasteiger partial charge in [-0.15, -0.1) is 0 Å². The molecule has 0 saturated carbocycles. The molecule has 0 bridgehead atoms. The summed E-state index contributed by atoms with van der Waals surface area (Å²) in [6, 6.07) is 0.0662. The van der Waals surface area contributed by atoms with Gasteiger partial charge in [-0.2, -0.15) is 4.98 Å². The van der Waals surface area contributed by atoms with Gasteiger partial charge in [-0.3, -0.25) is 9.69 Å². The zero-order valence-electron chi connectivity index (χ0n) is 14.5. The third-order valence-electron chi connectivity index (χ3n) is 4.35. The lowest BCUT2D eigenvalue weighted by Crippen LogP contribution is -2.42. The van der Waals surface area contributed by atoms with Gasteiger partial charge in [0.1, 0.15) is 0 Å². The van der Waals surface area contributed by atoms with E-state index in [4.69, 9.17) is 4.52 Å². The van der Waals surface area contributed by atoms with Crippen LogP contribution in [0.1, 0.15) is 64.2 Å². The molecule has 1 saturated heterocycles. The van der Waals surface area contributed by atoms with Crippen LogP contribution < -0.4 is 5.32 Å². The number of hydrogen-bond acceptors (Lipinski definition) is 6. The van der Waals surface area contributed by atoms with Crippen LogP contribution in [0.2, 0.25) is 0 Å². The second-order valence-corrected chi connectivity index (χ2v) is 6.73. The molecule has 1 aromatic rings. The SMILES string of the molecule is CC(C)c1noc([C@H](C)N2CCC(C(=O)NC[C@@H](C)O)CC2)n1. The summed E-state index contributed by atoms with van der Waals surface area (Å²) in [7, 11) is 0. The maximum atomic E-state index is 12.0. The first kappa shape index (κ1) is 17.9. The van der Waals surface area contributed by atoms with E-state index in [1.54, 1.807) is 6.92 Å². The zero-order valence-corrected chi connectivity index (χ0v) is 14.5. The Hall–Kier alpha value is -1.47. The quantitative estimate of drug-likeness (QED) is 0.823. The van der Waals surface area contributed by atoms with E-state index < -0.39 is 6.10 Å². The van der Waals surface area contributed by atoms with Crippen LogP contribution in [0, 0.1) is 5.92 Å². The number of nitrogens with zero attached hydrogens (tertiary/aromatic N) is 3. The molecule has 1 aromatic heterocycles. The predicted molar refractivity (Wildman–Crippen MR) is 85.8 cm³/mol. The third-order valence-corrected chi connectivity index (χ3v) is 4.35. The highest BCUT2D eigenvalue weighted by Crippen LogP contribution is 2.26. The van der Waals surface area contributed by atoms with Crippen molar-refractivity contribution in [3.05, 3.63) is 11.7 Å². The molecule has 130 valence electrons. The second kappa shape index (κ2) is 7.88. The van der Waals surface area contributed by atoms with Crippen LogP contribution >= 0.6 is 0 Å². The average molecular weight is 324 g/mol. The van der Waals surface area contributed by atoms with E-state index in [1.165, 1.54) is 0 Å². The number of carbonyl (C=O) groups excluding carboxylic acids is 1. The summed E-state index contributed by atoms with van der Waals surface area (Å²) < 4.78 is 5.37. The molecule has 7 nitrogen and oxygen atoms in total. The number of rotatable bonds is 6. The monoisotopic (exact) mass is 324 g/mol. The van der Waals surface area contributed by atoms with Gasteiger partial charge in [-0.1, -0.05) is 19.0 Å². The number of aliphatic hydroxyl groups excluding tert-OH is 1. The summed E-state index contributed by atoms with van der Waals surface area (Å²) in [5.41, 5.74) is 0. The van der Waals surface area contributed by atoms with E-state index in [2.05, 4.69) is 27.3 Å². The number of carbonyl (C=O) groups is 1. The van der Waals surface area contributed by atoms with Crippen LogP contribution in [0.15, 0.2) is 4.52 Å². The average Bonchev–Trinajstić information content (AvgIpc) is 3.02. The highest BCUT2D eigenvalue weighted by molar-refractivity contribution is 5.78. The maximum Gasteiger partial charge on any atom is 0.243 e. The first-order chi connectivity index (χ1) is 10.9. The summed E-state index contributed by atoms with van der Waals surface area (Å²) in [6.45, 7) is 9.77. The fourth-order valence-corrected chi connectivity index (χ4v) is 2.75. The maximum absolute atomic E-state index is 12.0. The van der Waals surface area contributed by atoms with Crippen molar-refractivity contribution in [1.82, 2.24) is 20.4 Å². The molecular weight excluding hydrogens is 296 g/mol. The number of nitrogens with one attached hydrogen (secondary N) is 1. The molecule has 2 rings (SSSR count). The number of hydrogen-bond donors (Lipinski definition) is 2. The molecule has 2 atom stereocenters. The Morgan fingerprint density at radius 1 is 1.35 bits per heavy atom. The third kappa shape index (κ3) is 4.75. The van der Waals surface area contributed by atoms with Crippen LogP contribution in [0.25, 0.3) is 0 Å². The van der Waals surface area contributed by atoms with Crippen LogP contribution in [0.5, 0.6) is 0 Å². The minimum absolute atomic E-state index is 0.0195. The molecule has 0 aliphatic carbocycles. The van der Waals surface area contributed by atoms with Crippen LogP contribution in [-0.2, 0) is 4.79 Å². The van der Waals surface area contributed by atoms with Gasteiger partial charge in [0.05, 0.1) is 12.1 Å². The Morgan fingerprint density at radius 2 is 2.00 bits per heavy atom. The number of piperidine rings is 1. The molecule has 7 heteroatoms. The van der Waals surface area contributed by atoms with Crippen molar-refractivity contribution in [1.29, 1.82) is 0 Å². The van der Waals surface area contributed by atoms with E-state index in [0.717, 1.165) is 31.8 Å². The molecule has 2 N–H and O–H groups in total. The number of amides is 1. The number of aliphatic hydroxyl groups is 1. The molecule has 0 radical (unpaired) electrons. The molecule has 0 aromatic carbocycles. The van der Waals surface area contributed by atoms with Crippen molar-refractivity contribution in [3.8, 4) is 0 Å². The van der Waals surface area contributed by atoms with Gasteiger partial charge in [0.2, 0.25) is 11.8 Å². The summed E-state index contributed by atoms with van der Waals surface area (Å²) in [6.07, 6.45) is 1.11. The van der Waals surface area contributed by atoms with Crippen molar-refractivity contribution in [3.63, 3.8) is 0 Å². The first-order valence-corrected chi connectivity index (χ1v) is 8.41. The normalized spacial score (nSPS) is 19.7. The summed E-state index contributed by atoms with van der Waals surface area (Å²) in [4.78, 5) is 18.8. The fourth-order valence-electron chi connectivity index (χ4n) is 2.75. The lowest BCUT2D eigenvalue weighted by atomic mass is 9.95. The van der Waals surface area contributed by atoms with Gasteiger partial charge in [0, 0.05) is 18.4 Å². The predicted octanol–water partition coefficient (Wildman–Crippen LogP) is 1.46. The zero-order chi connectivity index (χ0) is 17.0. The highest BCUT2D eigenvalue weighted by Gasteiger charge is 2.29. The Labute approximate surface area is 137 Å². The molecule has 1 aliphatic rings. The Balaban J connectivity index is 1.84. The molecule has 2 heterocycles. The van der Waals surface area contributed by atoms with Gasteiger partial charge in [-0.05, 0) is 39.8 Å². The highest BCUT2D eigenvalue weighted by atomic mass is 16.5. The summed E-state index contributed by atoms with van der Waals surface area (Å²) >= 11 is 0. The smallest absolute Gasteiger partial charge is 0.243 e. The minimum atomic E-state index is -0.508. The van der Waals surface area contributed by atoms with Crippen molar-refractivity contribution in [2.24, 2.45) is 5.92 Å². The second-order valence-electron chi connectivity index (χ2n) is 6.73. The van der Waals surface area contributed by atoms with E-state index in [-0.39, 0.29) is 23.8 Å². The number of aromatic nitrogens is 2. The van der Waals surface area contributed by atoms with E-state index in [0.29, 0.717) is 12.4 Å². The van der Waals surface area contributed by atoms with Crippen molar-refractivity contribution < 1.29 is 14.4 Å². The number of likely N-dealkylation sites (tertiary alicyclic amines) is 1. The molecule has 1 aliphatic heterocycles. The topological polar surface area (TPSA) is 91.5 Å². The van der Waals surface area contributed by atoms with Crippen LogP contribution in [-0.4, -0.2) is 51.8 Å². The molecular formula is C16H28N4O3. The lowest BCUT2D eigenvalue weighted by molar-refractivity contribution is -0.127. The van der Waals surface area contributed by atoms with Crippen LogP contribution in [0.4, 0.5) is 0 Å². The summed E-state index contributed by atoms with van der Waals surface area (Å²) in [5, 5.41) is 16.0. The standard InChI is InChI=1S/C16H28N4O3/c1-10(2)14-18-16(23-19-14)12(4)20-7-5-13(6-8-20)15(22)17-9-11(3)21/h10-13,21H,5-9H2,1-4H3,(H,17,22)/t11-,12+/m1/s1. The molecule has 1 fully saturated rings. The van der Waals surface area contributed by atoms with Gasteiger partial charge in [0.25, 0.3) is 0 Å². The fraction of sp³-hybridized carbons (Fsp3) is 0.812. The van der Waals surface area contributed by atoms with Gasteiger partial charge >= 0.3 is 0 Å². The summed E-state index contributed by atoms with van der Waals surface area (Å²) in [5.74, 6) is 1.69. The van der Waals surface area contributed by atoms with E-state index in [9.17, 15) is 9.90 Å². The molecule has 0 spiro atoms. The Bertz CT molecular complexity index is 507. The largest absolute Gasteiger partial charge is 0.392 e. The van der Waals surface area contributed by atoms with Gasteiger partial charge in [0.15, 0.2) is 5.82 Å². The Kier molecular flexibility index (Phi) is 6.12. The van der Waals surface area contributed by atoms with Crippen molar-refractivity contribution in [2.75, 3.05) is 19.6 Å². The van der Waals surface area contributed by atoms with Crippen LogP contribution in [0.3, 0.4) is 0 Å². The molecule has 0 unspecified atom stereocenters. The van der Waals surface area contributed by atoms with Gasteiger partial charge < -0.3 is 14.9 Å². The lowest BCUT2D eigenvalue weighted by Gasteiger charge is -2.33. The van der Waals surface area contributed by atoms with E-state index >= 15 is 0 Å².